The molecule has 0 aliphatic heterocycles. The molecule has 1 atom stereocenters. The molecule has 3 aromatic carbocycles. The smallest absolute Gasteiger partial charge is 0.0452 e. The van der Waals surface area contributed by atoms with Crippen molar-refractivity contribution in [1.82, 2.24) is 4.57 Å². The second-order valence-electron chi connectivity index (χ2n) is 6.30. The Kier molecular flexibility index (Phi) is 4.79. The molecule has 0 spiro atoms. The van der Waals surface area contributed by atoms with Gasteiger partial charge in [0.25, 0.3) is 0 Å². The highest BCUT2D eigenvalue weighted by atomic mass is 15.0. The van der Waals surface area contributed by atoms with Gasteiger partial charge in [-0.25, -0.2) is 0 Å². The molecule has 26 heavy (non-hydrogen) atoms. The maximum atomic E-state index is 2.29. The van der Waals surface area contributed by atoms with Gasteiger partial charge in [-0.05, 0) is 35.4 Å². The minimum absolute atomic E-state index is 0.187. The predicted molar refractivity (Wildman–Crippen MR) is 110 cm³/mol. The third-order valence-corrected chi connectivity index (χ3v) is 4.57. The van der Waals surface area contributed by atoms with Crippen molar-refractivity contribution >= 4 is 6.08 Å². The largest absolute Gasteiger partial charge is 0.320 e. The van der Waals surface area contributed by atoms with Gasteiger partial charge in [0.05, 0.1) is 0 Å². The summed E-state index contributed by atoms with van der Waals surface area (Å²) in [5.41, 5.74) is 4.94. The number of benzene rings is 3. The molecular weight excluding hydrogens is 314 g/mol. The third kappa shape index (κ3) is 3.52. The molecular formula is C25H21N. The summed E-state index contributed by atoms with van der Waals surface area (Å²) in [6, 6.07) is 36.0. The van der Waals surface area contributed by atoms with Gasteiger partial charge >= 0.3 is 0 Å². The van der Waals surface area contributed by atoms with Gasteiger partial charge in [0, 0.05) is 23.5 Å². The summed E-state index contributed by atoms with van der Waals surface area (Å²) < 4.78 is 2.27. The van der Waals surface area contributed by atoms with E-state index in [4.69, 9.17) is 0 Å². The molecule has 1 heteroatoms. The van der Waals surface area contributed by atoms with E-state index in [9.17, 15) is 0 Å². The van der Waals surface area contributed by atoms with E-state index >= 15 is 0 Å². The molecule has 0 bridgehead atoms. The number of hydrogen-bond acceptors (Lipinski definition) is 0. The predicted octanol–water partition coefficient (Wildman–Crippen LogP) is 6.32. The van der Waals surface area contributed by atoms with Gasteiger partial charge in [0.1, 0.15) is 0 Å². The van der Waals surface area contributed by atoms with E-state index in [-0.39, 0.29) is 5.92 Å². The van der Waals surface area contributed by atoms with Crippen molar-refractivity contribution in [3.05, 3.63) is 132 Å². The first-order chi connectivity index (χ1) is 12.9. The van der Waals surface area contributed by atoms with Crippen LogP contribution in [-0.2, 0) is 0 Å². The molecule has 0 radical (unpaired) electrons. The van der Waals surface area contributed by atoms with Gasteiger partial charge in [-0.3, -0.25) is 0 Å². The molecule has 1 unspecified atom stereocenters. The number of para-hydroxylation sites is 1. The number of aromatic nitrogens is 1. The summed E-state index contributed by atoms with van der Waals surface area (Å²) in [4.78, 5) is 0. The van der Waals surface area contributed by atoms with Crippen LogP contribution >= 0.6 is 0 Å². The Hall–Kier alpha value is -3.32. The monoisotopic (exact) mass is 335 g/mol. The third-order valence-electron chi connectivity index (χ3n) is 4.57. The van der Waals surface area contributed by atoms with E-state index in [2.05, 4.69) is 120 Å². The molecule has 4 rings (SSSR count). The van der Waals surface area contributed by atoms with E-state index in [0.717, 1.165) is 0 Å². The summed E-state index contributed by atoms with van der Waals surface area (Å²) in [5.74, 6) is 0.187. The molecule has 1 heterocycles. The van der Waals surface area contributed by atoms with Gasteiger partial charge in [-0.1, -0.05) is 91.0 Å². The summed E-state index contributed by atoms with van der Waals surface area (Å²) in [5, 5.41) is 0. The van der Waals surface area contributed by atoms with Crippen molar-refractivity contribution in [2.45, 2.75) is 5.92 Å². The molecule has 0 fully saturated rings. The van der Waals surface area contributed by atoms with E-state index in [1.54, 1.807) is 0 Å². The lowest BCUT2D eigenvalue weighted by Gasteiger charge is -2.17. The van der Waals surface area contributed by atoms with Crippen LogP contribution in [0.15, 0.2) is 115 Å². The fourth-order valence-corrected chi connectivity index (χ4v) is 3.28. The lowest BCUT2D eigenvalue weighted by molar-refractivity contribution is 0.890. The van der Waals surface area contributed by atoms with E-state index < -0.39 is 0 Å². The number of nitrogens with zero attached hydrogens (tertiary/aromatic N) is 1. The summed E-state index contributed by atoms with van der Waals surface area (Å²) in [6.45, 7) is 0. The second kappa shape index (κ2) is 7.71. The van der Waals surface area contributed by atoms with Gasteiger partial charge in [-0.15, -0.1) is 0 Å². The Morgan fingerprint density at radius 2 is 1.23 bits per heavy atom. The van der Waals surface area contributed by atoms with Gasteiger partial charge < -0.3 is 4.57 Å². The first-order valence-corrected chi connectivity index (χ1v) is 8.93. The molecule has 126 valence electrons. The molecule has 0 aliphatic rings. The van der Waals surface area contributed by atoms with Crippen molar-refractivity contribution in [3.8, 4) is 5.69 Å². The summed E-state index contributed by atoms with van der Waals surface area (Å²) >= 11 is 0. The van der Waals surface area contributed by atoms with Crippen LogP contribution in [0, 0.1) is 0 Å². The lowest BCUT2D eigenvalue weighted by Crippen LogP contribution is -2.05. The van der Waals surface area contributed by atoms with E-state index in [0.29, 0.717) is 0 Å². The molecule has 1 aromatic heterocycles. The fraction of sp³-hybridized carbons (Fsp3) is 0.0400. The SMILES string of the molecule is C(=C\C(c1ccccc1)c1cccn1-c1ccccc1)/c1ccccc1. The van der Waals surface area contributed by atoms with Crippen LogP contribution in [0.5, 0.6) is 0 Å². The molecule has 0 saturated heterocycles. The lowest BCUT2D eigenvalue weighted by atomic mass is 9.94. The average Bonchev–Trinajstić information content (AvgIpc) is 3.20. The zero-order valence-electron chi connectivity index (χ0n) is 14.6. The highest BCUT2D eigenvalue weighted by molar-refractivity contribution is 5.53. The maximum Gasteiger partial charge on any atom is 0.0452 e. The highest BCUT2D eigenvalue weighted by Crippen LogP contribution is 2.29. The van der Waals surface area contributed by atoms with E-state index in [1.165, 1.54) is 22.5 Å². The van der Waals surface area contributed by atoms with Crippen LogP contribution in [-0.4, -0.2) is 4.57 Å². The molecule has 1 nitrogen and oxygen atoms in total. The van der Waals surface area contributed by atoms with Crippen molar-refractivity contribution in [2.24, 2.45) is 0 Å². The van der Waals surface area contributed by atoms with Crippen molar-refractivity contribution < 1.29 is 0 Å². The van der Waals surface area contributed by atoms with Crippen molar-refractivity contribution in [1.29, 1.82) is 0 Å². The Bertz CT molecular complexity index is 966. The number of hydrogen-bond donors (Lipinski definition) is 0. The molecule has 4 aromatic rings. The molecule has 0 N–H and O–H groups in total. The molecule has 0 amide bonds. The first-order valence-electron chi connectivity index (χ1n) is 8.93. The van der Waals surface area contributed by atoms with Crippen LogP contribution in [0.4, 0.5) is 0 Å². The second-order valence-corrected chi connectivity index (χ2v) is 6.30. The van der Waals surface area contributed by atoms with Crippen LogP contribution in [0.1, 0.15) is 22.7 Å². The summed E-state index contributed by atoms with van der Waals surface area (Å²) in [6.07, 6.45) is 6.64. The normalized spacial score (nSPS) is 12.3. The highest BCUT2D eigenvalue weighted by Gasteiger charge is 2.15. The fourth-order valence-electron chi connectivity index (χ4n) is 3.28. The Balaban J connectivity index is 1.78. The number of allylic oxidation sites excluding steroid dienone is 1. The molecule has 0 aliphatic carbocycles. The Labute approximate surface area is 154 Å². The maximum absolute atomic E-state index is 2.29. The first kappa shape index (κ1) is 16.2. The zero-order chi connectivity index (χ0) is 17.6. The van der Waals surface area contributed by atoms with Crippen LogP contribution in [0.3, 0.4) is 0 Å². The molecule has 0 saturated carbocycles. The minimum atomic E-state index is 0.187. The summed E-state index contributed by atoms with van der Waals surface area (Å²) in [7, 11) is 0. The Morgan fingerprint density at radius 3 is 1.92 bits per heavy atom. The van der Waals surface area contributed by atoms with Crippen LogP contribution in [0.2, 0.25) is 0 Å². The quantitative estimate of drug-likeness (QED) is 0.402. The minimum Gasteiger partial charge on any atom is -0.320 e. The van der Waals surface area contributed by atoms with Crippen molar-refractivity contribution in [2.75, 3.05) is 0 Å². The standard InChI is InChI=1S/C25H21N/c1-4-11-21(12-5-1)18-19-24(22-13-6-2-7-14-22)25-17-10-20-26(25)23-15-8-3-9-16-23/h1-20,24H/b19-18+. The van der Waals surface area contributed by atoms with Gasteiger partial charge in [0.2, 0.25) is 0 Å². The van der Waals surface area contributed by atoms with E-state index in [1.807, 2.05) is 6.07 Å². The van der Waals surface area contributed by atoms with Crippen molar-refractivity contribution in [3.63, 3.8) is 0 Å². The van der Waals surface area contributed by atoms with Gasteiger partial charge in [-0.2, -0.15) is 0 Å². The zero-order valence-corrected chi connectivity index (χ0v) is 14.6. The topological polar surface area (TPSA) is 4.93 Å². The average molecular weight is 335 g/mol. The Morgan fingerprint density at radius 1 is 0.615 bits per heavy atom. The number of rotatable bonds is 5. The van der Waals surface area contributed by atoms with Crippen LogP contribution < -0.4 is 0 Å². The van der Waals surface area contributed by atoms with Gasteiger partial charge in [0.15, 0.2) is 0 Å². The van der Waals surface area contributed by atoms with Crippen LogP contribution in [0.25, 0.3) is 11.8 Å².